The number of hydrogen-bond acceptors (Lipinski definition) is 2. The Bertz CT molecular complexity index is 783. The van der Waals surface area contributed by atoms with Gasteiger partial charge in [0, 0.05) is 11.1 Å². The van der Waals surface area contributed by atoms with Crippen LogP contribution in [0.1, 0.15) is 102 Å². The molecule has 0 aliphatic rings. The molecule has 0 heterocycles. The Labute approximate surface area is 156 Å². The second kappa shape index (κ2) is 7.86. The van der Waals surface area contributed by atoms with Crippen molar-refractivity contribution in [3.63, 3.8) is 0 Å². The van der Waals surface area contributed by atoms with Gasteiger partial charge in [0.25, 0.3) is 0 Å². The van der Waals surface area contributed by atoms with Gasteiger partial charge in [0.15, 0.2) is 5.78 Å². The number of aromatic carboxylic acids is 1. The predicted molar refractivity (Wildman–Crippen MR) is 106 cm³/mol. The van der Waals surface area contributed by atoms with Crippen molar-refractivity contribution < 1.29 is 14.7 Å². The number of carboxylic acid groups (broad SMARTS) is 1. The molecule has 0 fully saturated rings. The maximum atomic E-state index is 13.3. The van der Waals surface area contributed by atoms with Gasteiger partial charge in [-0.1, -0.05) is 65.8 Å². The van der Waals surface area contributed by atoms with Gasteiger partial charge in [-0.15, -0.1) is 0 Å². The summed E-state index contributed by atoms with van der Waals surface area (Å²) in [6, 6.07) is 10.5. The summed E-state index contributed by atoms with van der Waals surface area (Å²) < 4.78 is 0. The second-order valence-electron chi connectivity index (χ2n) is 7.75. The third kappa shape index (κ3) is 4.04. The lowest BCUT2D eigenvalue weighted by molar-refractivity contribution is 0.0696. The molecule has 2 aromatic rings. The Kier molecular flexibility index (Phi) is 6.01. The van der Waals surface area contributed by atoms with Crippen LogP contribution in [-0.2, 0) is 0 Å². The molecule has 138 valence electrons. The average molecular weight is 352 g/mol. The molecular weight excluding hydrogens is 324 g/mol. The number of carbonyl (C=O) groups excluding carboxylic acids is 1. The molecule has 1 N–H and O–H groups in total. The van der Waals surface area contributed by atoms with Gasteiger partial charge in [-0.05, 0) is 46.6 Å². The van der Waals surface area contributed by atoms with Gasteiger partial charge >= 0.3 is 5.97 Å². The maximum absolute atomic E-state index is 13.3. The molecule has 3 nitrogen and oxygen atoms in total. The summed E-state index contributed by atoms with van der Waals surface area (Å²) in [5, 5.41) is 9.06. The lowest BCUT2D eigenvalue weighted by atomic mass is 9.81. The molecule has 0 saturated carbocycles. The summed E-state index contributed by atoms with van der Waals surface area (Å²) >= 11 is 0. The fourth-order valence-electron chi connectivity index (χ4n) is 3.13. The lowest BCUT2D eigenvalue weighted by Gasteiger charge is -2.22. The smallest absolute Gasteiger partial charge is 0.335 e. The van der Waals surface area contributed by atoms with Gasteiger partial charge in [0.1, 0.15) is 0 Å². The van der Waals surface area contributed by atoms with Crippen molar-refractivity contribution in [2.75, 3.05) is 0 Å². The van der Waals surface area contributed by atoms with Crippen molar-refractivity contribution in [3.8, 4) is 0 Å². The molecule has 0 aliphatic carbocycles. The molecule has 0 spiro atoms. The standard InChI is InChI=1S/C23H28O3/c1-13(2)18-11-19(14(3)4)21(20(12-18)15(5)6)22(24)16-7-9-17(10-8-16)23(25)26/h7-15H,1-6H3,(H,25,26). The maximum Gasteiger partial charge on any atom is 0.335 e. The van der Waals surface area contributed by atoms with E-state index in [-0.39, 0.29) is 23.2 Å². The van der Waals surface area contributed by atoms with Gasteiger partial charge in [0.05, 0.1) is 5.56 Å². The normalized spacial score (nSPS) is 11.4. The molecule has 0 amide bonds. The van der Waals surface area contributed by atoms with Crippen molar-refractivity contribution in [2.45, 2.75) is 59.3 Å². The van der Waals surface area contributed by atoms with E-state index in [1.807, 2.05) is 0 Å². The van der Waals surface area contributed by atoms with Crippen LogP contribution >= 0.6 is 0 Å². The zero-order chi connectivity index (χ0) is 19.6. The van der Waals surface area contributed by atoms with Crippen LogP contribution in [0.5, 0.6) is 0 Å². The fraction of sp³-hybridized carbons (Fsp3) is 0.391. The molecule has 0 unspecified atom stereocenters. The SMILES string of the molecule is CC(C)c1cc(C(C)C)c(C(=O)c2ccc(C(=O)O)cc2)c(C(C)C)c1. The highest BCUT2D eigenvalue weighted by molar-refractivity contribution is 6.11. The first-order valence-corrected chi connectivity index (χ1v) is 9.19. The third-order valence-corrected chi connectivity index (χ3v) is 4.75. The second-order valence-corrected chi connectivity index (χ2v) is 7.75. The first-order chi connectivity index (χ1) is 12.1. The fourth-order valence-corrected chi connectivity index (χ4v) is 3.13. The minimum atomic E-state index is -0.990. The van der Waals surface area contributed by atoms with Crippen molar-refractivity contribution in [1.82, 2.24) is 0 Å². The van der Waals surface area contributed by atoms with E-state index in [1.165, 1.54) is 17.7 Å². The molecular formula is C23H28O3. The van der Waals surface area contributed by atoms with Crippen LogP contribution < -0.4 is 0 Å². The van der Waals surface area contributed by atoms with Crippen molar-refractivity contribution in [1.29, 1.82) is 0 Å². The topological polar surface area (TPSA) is 54.4 Å². The summed E-state index contributed by atoms with van der Waals surface area (Å²) in [7, 11) is 0. The number of ketones is 1. The largest absolute Gasteiger partial charge is 0.478 e. The highest BCUT2D eigenvalue weighted by atomic mass is 16.4. The monoisotopic (exact) mass is 352 g/mol. The van der Waals surface area contributed by atoms with E-state index in [9.17, 15) is 9.59 Å². The van der Waals surface area contributed by atoms with Gasteiger partial charge in [0.2, 0.25) is 0 Å². The predicted octanol–water partition coefficient (Wildman–Crippen LogP) is 5.99. The van der Waals surface area contributed by atoms with E-state index >= 15 is 0 Å². The van der Waals surface area contributed by atoms with Crippen LogP contribution in [0.2, 0.25) is 0 Å². The number of hydrogen-bond donors (Lipinski definition) is 1. The molecule has 0 radical (unpaired) electrons. The molecule has 2 aromatic carbocycles. The van der Waals surface area contributed by atoms with Crippen LogP contribution in [0.4, 0.5) is 0 Å². The summed E-state index contributed by atoms with van der Waals surface area (Å²) in [6.45, 7) is 12.7. The average Bonchev–Trinajstić information content (AvgIpc) is 2.59. The van der Waals surface area contributed by atoms with E-state index in [0.717, 1.165) is 16.7 Å². The molecule has 2 rings (SSSR count). The first kappa shape index (κ1) is 19.9. The van der Waals surface area contributed by atoms with E-state index in [2.05, 4.69) is 53.7 Å². The Morgan fingerprint density at radius 3 is 1.50 bits per heavy atom. The number of benzene rings is 2. The summed E-state index contributed by atoms with van der Waals surface area (Å²) in [6.07, 6.45) is 0. The molecule has 0 saturated heterocycles. The lowest BCUT2D eigenvalue weighted by Crippen LogP contribution is -2.13. The zero-order valence-electron chi connectivity index (χ0n) is 16.5. The molecule has 0 bridgehead atoms. The molecule has 0 atom stereocenters. The Hall–Kier alpha value is -2.42. The number of rotatable bonds is 6. The molecule has 26 heavy (non-hydrogen) atoms. The summed E-state index contributed by atoms with van der Waals surface area (Å²) in [4.78, 5) is 24.4. The molecule has 3 heteroatoms. The van der Waals surface area contributed by atoms with E-state index < -0.39 is 5.97 Å². The quantitative estimate of drug-likeness (QED) is 0.650. The summed E-state index contributed by atoms with van der Waals surface area (Å²) in [5.41, 5.74) is 4.85. The van der Waals surface area contributed by atoms with Gasteiger partial charge in [-0.25, -0.2) is 4.79 Å². The van der Waals surface area contributed by atoms with E-state index in [1.54, 1.807) is 12.1 Å². The Morgan fingerprint density at radius 1 is 0.731 bits per heavy atom. The summed E-state index contributed by atoms with van der Waals surface area (Å²) in [5.74, 6) is -0.184. The first-order valence-electron chi connectivity index (χ1n) is 9.19. The van der Waals surface area contributed by atoms with Crippen LogP contribution in [-0.4, -0.2) is 16.9 Å². The van der Waals surface area contributed by atoms with Gasteiger partial charge in [-0.2, -0.15) is 0 Å². The highest BCUT2D eigenvalue weighted by Gasteiger charge is 2.23. The van der Waals surface area contributed by atoms with Crippen LogP contribution in [0.15, 0.2) is 36.4 Å². The highest BCUT2D eigenvalue weighted by Crippen LogP contribution is 2.33. The zero-order valence-corrected chi connectivity index (χ0v) is 16.5. The number of carboxylic acids is 1. The van der Waals surface area contributed by atoms with Gasteiger partial charge < -0.3 is 5.11 Å². The molecule has 0 aromatic heterocycles. The van der Waals surface area contributed by atoms with Crippen LogP contribution in [0, 0.1) is 0 Å². The van der Waals surface area contributed by atoms with Crippen molar-refractivity contribution >= 4 is 11.8 Å². The van der Waals surface area contributed by atoms with E-state index in [0.29, 0.717) is 11.5 Å². The van der Waals surface area contributed by atoms with Crippen LogP contribution in [0.3, 0.4) is 0 Å². The van der Waals surface area contributed by atoms with Gasteiger partial charge in [-0.3, -0.25) is 4.79 Å². The molecule has 0 aliphatic heterocycles. The Balaban J connectivity index is 2.65. The number of carbonyl (C=O) groups is 2. The van der Waals surface area contributed by atoms with Crippen LogP contribution in [0.25, 0.3) is 0 Å². The third-order valence-electron chi connectivity index (χ3n) is 4.75. The van der Waals surface area contributed by atoms with E-state index in [4.69, 9.17) is 5.11 Å². The minimum absolute atomic E-state index is 0.0374. The minimum Gasteiger partial charge on any atom is -0.478 e. The van der Waals surface area contributed by atoms with Crippen molar-refractivity contribution in [3.05, 3.63) is 69.8 Å². The Morgan fingerprint density at radius 2 is 1.15 bits per heavy atom. The van der Waals surface area contributed by atoms with Crippen molar-refractivity contribution in [2.24, 2.45) is 0 Å².